The largest absolute Gasteiger partial charge is 0.386 e. The lowest BCUT2D eigenvalue weighted by atomic mass is 9.95. The number of hydrogen-bond acceptors (Lipinski definition) is 4. The summed E-state index contributed by atoms with van der Waals surface area (Å²) in [4.78, 5) is 0. The van der Waals surface area contributed by atoms with Crippen molar-refractivity contribution >= 4 is 0 Å². The van der Waals surface area contributed by atoms with E-state index in [0.717, 1.165) is 25.9 Å². The molecule has 2 saturated heterocycles. The highest BCUT2D eigenvalue weighted by molar-refractivity contribution is 4.92. The van der Waals surface area contributed by atoms with Crippen LogP contribution in [-0.2, 0) is 9.47 Å². The first-order valence-electron chi connectivity index (χ1n) is 6.29. The third kappa shape index (κ3) is 2.74. The topological polar surface area (TPSA) is 50.7 Å². The normalized spacial score (nSPS) is 44.8. The van der Waals surface area contributed by atoms with Crippen LogP contribution in [0.1, 0.15) is 33.1 Å². The van der Waals surface area contributed by atoms with Gasteiger partial charge in [0.15, 0.2) is 0 Å². The molecule has 2 fully saturated rings. The van der Waals surface area contributed by atoms with Crippen LogP contribution in [0.15, 0.2) is 0 Å². The average Bonchev–Trinajstić information content (AvgIpc) is 2.58. The molecular weight excluding hydrogens is 206 g/mol. The van der Waals surface area contributed by atoms with Crippen molar-refractivity contribution in [3.63, 3.8) is 0 Å². The Morgan fingerprint density at radius 3 is 2.75 bits per heavy atom. The van der Waals surface area contributed by atoms with E-state index in [2.05, 4.69) is 12.2 Å². The summed E-state index contributed by atoms with van der Waals surface area (Å²) >= 11 is 0. The SMILES string of the molecule is CC1CC(NCC2(O)CCOC2C)CCO1. The second-order valence-corrected chi connectivity index (χ2v) is 5.15. The summed E-state index contributed by atoms with van der Waals surface area (Å²) < 4.78 is 10.9. The van der Waals surface area contributed by atoms with E-state index in [1.807, 2.05) is 6.92 Å². The Kier molecular flexibility index (Phi) is 3.85. The Morgan fingerprint density at radius 1 is 1.31 bits per heavy atom. The third-order valence-corrected chi connectivity index (χ3v) is 3.84. The van der Waals surface area contributed by atoms with Gasteiger partial charge in [-0.3, -0.25) is 0 Å². The molecule has 2 N–H and O–H groups in total. The van der Waals surface area contributed by atoms with Gasteiger partial charge in [-0.15, -0.1) is 0 Å². The maximum atomic E-state index is 10.3. The molecule has 0 spiro atoms. The highest BCUT2D eigenvalue weighted by Gasteiger charge is 2.39. The molecule has 0 amide bonds. The monoisotopic (exact) mass is 229 g/mol. The fraction of sp³-hybridized carbons (Fsp3) is 1.00. The summed E-state index contributed by atoms with van der Waals surface area (Å²) in [5.41, 5.74) is -0.679. The minimum absolute atomic E-state index is 0.0581. The second kappa shape index (κ2) is 5.00. The molecule has 0 radical (unpaired) electrons. The Bertz CT molecular complexity index is 236. The zero-order chi connectivity index (χ0) is 11.6. The van der Waals surface area contributed by atoms with Crippen molar-refractivity contribution in [3.8, 4) is 0 Å². The van der Waals surface area contributed by atoms with E-state index < -0.39 is 5.60 Å². The van der Waals surface area contributed by atoms with Gasteiger partial charge >= 0.3 is 0 Å². The lowest BCUT2D eigenvalue weighted by Gasteiger charge is -2.32. The lowest BCUT2D eigenvalue weighted by Crippen LogP contribution is -2.50. The highest BCUT2D eigenvalue weighted by Crippen LogP contribution is 2.25. The first-order chi connectivity index (χ1) is 7.60. The molecule has 4 unspecified atom stereocenters. The first kappa shape index (κ1) is 12.3. The van der Waals surface area contributed by atoms with Gasteiger partial charge < -0.3 is 19.9 Å². The van der Waals surface area contributed by atoms with Crippen LogP contribution < -0.4 is 5.32 Å². The molecule has 4 heteroatoms. The van der Waals surface area contributed by atoms with Crippen LogP contribution in [0.3, 0.4) is 0 Å². The van der Waals surface area contributed by atoms with Crippen LogP contribution in [-0.4, -0.2) is 48.7 Å². The van der Waals surface area contributed by atoms with Crippen LogP contribution in [0.25, 0.3) is 0 Å². The quantitative estimate of drug-likeness (QED) is 0.747. The van der Waals surface area contributed by atoms with Gasteiger partial charge in [-0.1, -0.05) is 0 Å². The summed E-state index contributed by atoms with van der Waals surface area (Å²) in [7, 11) is 0. The van der Waals surface area contributed by atoms with Crippen molar-refractivity contribution in [2.45, 2.75) is 57.0 Å². The Morgan fingerprint density at radius 2 is 2.12 bits per heavy atom. The summed E-state index contributed by atoms with van der Waals surface area (Å²) in [6.07, 6.45) is 3.08. The Hall–Kier alpha value is -0.160. The van der Waals surface area contributed by atoms with Gasteiger partial charge in [0, 0.05) is 32.2 Å². The maximum absolute atomic E-state index is 10.3. The van der Waals surface area contributed by atoms with E-state index >= 15 is 0 Å². The Balaban J connectivity index is 1.78. The minimum atomic E-state index is -0.679. The lowest BCUT2D eigenvalue weighted by molar-refractivity contribution is -0.0347. The molecule has 16 heavy (non-hydrogen) atoms. The molecule has 0 saturated carbocycles. The van der Waals surface area contributed by atoms with E-state index in [9.17, 15) is 5.11 Å². The molecule has 4 atom stereocenters. The summed E-state index contributed by atoms with van der Waals surface area (Å²) in [5.74, 6) is 0. The summed E-state index contributed by atoms with van der Waals surface area (Å²) in [6, 6.07) is 0.473. The molecule has 2 aliphatic rings. The molecule has 0 aromatic heterocycles. The third-order valence-electron chi connectivity index (χ3n) is 3.84. The fourth-order valence-electron chi connectivity index (χ4n) is 2.51. The number of hydrogen-bond donors (Lipinski definition) is 2. The Labute approximate surface area is 97.3 Å². The molecule has 0 aliphatic carbocycles. The van der Waals surface area contributed by atoms with Gasteiger partial charge in [-0.2, -0.15) is 0 Å². The second-order valence-electron chi connectivity index (χ2n) is 5.15. The minimum Gasteiger partial charge on any atom is -0.386 e. The average molecular weight is 229 g/mol. The number of aliphatic hydroxyl groups is 1. The van der Waals surface area contributed by atoms with Crippen molar-refractivity contribution in [2.75, 3.05) is 19.8 Å². The van der Waals surface area contributed by atoms with Crippen LogP contribution in [0.2, 0.25) is 0 Å². The van der Waals surface area contributed by atoms with Crippen LogP contribution in [0, 0.1) is 0 Å². The maximum Gasteiger partial charge on any atom is 0.105 e. The molecule has 4 nitrogen and oxygen atoms in total. The van der Waals surface area contributed by atoms with Gasteiger partial charge in [0.1, 0.15) is 5.60 Å². The highest BCUT2D eigenvalue weighted by atomic mass is 16.5. The molecule has 2 rings (SSSR count). The van der Waals surface area contributed by atoms with Crippen molar-refractivity contribution in [3.05, 3.63) is 0 Å². The first-order valence-corrected chi connectivity index (χ1v) is 6.29. The predicted octanol–water partition coefficient (Wildman–Crippen LogP) is 0.683. The van der Waals surface area contributed by atoms with E-state index in [4.69, 9.17) is 9.47 Å². The van der Waals surface area contributed by atoms with Crippen LogP contribution >= 0.6 is 0 Å². The molecule has 0 bridgehead atoms. The van der Waals surface area contributed by atoms with Gasteiger partial charge in [-0.05, 0) is 26.7 Å². The van der Waals surface area contributed by atoms with Gasteiger partial charge in [0.25, 0.3) is 0 Å². The number of ether oxygens (including phenoxy) is 2. The smallest absolute Gasteiger partial charge is 0.105 e. The van der Waals surface area contributed by atoms with Crippen LogP contribution in [0.4, 0.5) is 0 Å². The molecule has 2 aliphatic heterocycles. The molecule has 94 valence electrons. The van der Waals surface area contributed by atoms with Crippen molar-refractivity contribution in [1.29, 1.82) is 0 Å². The van der Waals surface area contributed by atoms with Gasteiger partial charge in [0.2, 0.25) is 0 Å². The van der Waals surface area contributed by atoms with Gasteiger partial charge in [0.05, 0.1) is 12.2 Å². The molecular formula is C12H23NO3. The van der Waals surface area contributed by atoms with Crippen LogP contribution in [0.5, 0.6) is 0 Å². The van der Waals surface area contributed by atoms with E-state index in [1.165, 1.54) is 0 Å². The zero-order valence-electron chi connectivity index (χ0n) is 10.2. The van der Waals surface area contributed by atoms with E-state index in [-0.39, 0.29) is 6.10 Å². The molecule has 0 aromatic rings. The molecule has 0 aromatic carbocycles. The van der Waals surface area contributed by atoms with Crippen molar-refractivity contribution < 1.29 is 14.6 Å². The number of rotatable bonds is 3. The van der Waals surface area contributed by atoms with Crippen molar-refractivity contribution in [2.24, 2.45) is 0 Å². The van der Waals surface area contributed by atoms with Crippen molar-refractivity contribution in [1.82, 2.24) is 5.32 Å². The van der Waals surface area contributed by atoms with E-state index in [0.29, 0.717) is 25.3 Å². The predicted molar refractivity (Wildman–Crippen MR) is 61.4 cm³/mol. The zero-order valence-corrected chi connectivity index (χ0v) is 10.2. The summed E-state index contributed by atoms with van der Waals surface area (Å²) in [5, 5.41) is 13.8. The van der Waals surface area contributed by atoms with E-state index in [1.54, 1.807) is 0 Å². The van der Waals surface area contributed by atoms with Gasteiger partial charge in [-0.25, -0.2) is 0 Å². The molecule has 2 heterocycles. The fourth-order valence-corrected chi connectivity index (χ4v) is 2.51. The standard InChI is InChI=1S/C12H23NO3/c1-9-7-11(3-5-15-9)13-8-12(14)4-6-16-10(12)2/h9-11,13-14H,3-8H2,1-2H3. The summed E-state index contributed by atoms with van der Waals surface area (Å²) in [6.45, 7) is 6.17. The number of nitrogens with one attached hydrogen (secondary N) is 1.